The Morgan fingerprint density at radius 2 is 1.79 bits per heavy atom. The number of ether oxygens (including phenoxy) is 1. The summed E-state index contributed by atoms with van der Waals surface area (Å²) in [5, 5.41) is 10.3. The Labute approximate surface area is 112 Å². The molecule has 0 radical (unpaired) electrons. The predicted octanol–water partition coefficient (Wildman–Crippen LogP) is 2.86. The molecule has 1 unspecified atom stereocenters. The minimum Gasteiger partial charge on any atom is -0.465 e. The number of hydrogen-bond donors (Lipinski definition) is 1. The van der Waals surface area contributed by atoms with E-state index in [0.717, 1.165) is 16.7 Å². The summed E-state index contributed by atoms with van der Waals surface area (Å²) in [5.74, 6) is -0.363. The molecule has 19 heavy (non-hydrogen) atoms. The Hall–Kier alpha value is -2.13. The minimum atomic E-state index is -0.688. The Bertz CT molecular complexity index is 576. The van der Waals surface area contributed by atoms with Crippen LogP contribution in [0.15, 0.2) is 48.5 Å². The zero-order valence-corrected chi connectivity index (χ0v) is 11.0. The zero-order valence-electron chi connectivity index (χ0n) is 11.0. The number of aliphatic hydroxyl groups is 1. The molecule has 0 amide bonds. The fraction of sp³-hybridized carbons (Fsp3) is 0.188. The van der Waals surface area contributed by atoms with Gasteiger partial charge < -0.3 is 9.84 Å². The predicted molar refractivity (Wildman–Crippen MR) is 73.0 cm³/mol. The van der Waals surface area contributed by atoms with Crippen LogP contribution in [0.25, 0.3) is 0 Å². The maximum atomic E-state index is 11.5. The van der Waals surface area contributed by atoms with E-state index in [4.69, 9.17) is 4.74 Å². The van der Waals surface area contributed by atoms with Crippen molar-refractivity contribution in [3.8, 4) is 0 Å². The molecule has 3 nitrogen and oxygen atoms in total. The third-order valence-corrected chi connectivity index (χ3v) is 3.09. The highest BCUT2D eigenvalue weighted by atomic mass is 16.5. The van der Waals surface area contributed by atoms with Gasteiger partial charge in [-0.15, -0.1) is 0 Å². The standard InChI is InChI=1S/C16H16O3/c1-11-10-13(8-9-14(11)16(18)19-2)15(17)12-6-4-3-5-7-12/h3-10,15,17H,1-2H3. The second kappa shape index (κ2) is 5.67. The van der Waals surface area contributed by atoms with Gasteiger partial charge in [-0.2, -0.15) is 0 Å². The molecule has 98 valence electrons. The van der Waals surface area contributed by atoms with Crippen LogP contribution in [-0.2, 0) is 4.74 Å². The Kier molecular flexibility index (Phi) is 3.97. The summed E-state index contributed by atoms with van der Waals surface area (Å²) in [6, 6.07) is 14.6. The molecule has 1 atom stereocenters. The van der Waals surface area contributed by atoms with Crippen molar-refractivity contribution in [1.29, 1.82) is 0 Å². The molecule has 0 saturated heterocycles. The molecule has 0 spiro atoms. The molecule has 0 heterocycles. The van der Waals surface area contributed by atoms with E-state index in [1.54, 1.807) is 12.1 Å². The van der Waals surface area contributed by atoms with E-state index in [9.17, 15) is 9.90 Å². The lowest BCUT2D eigenvalue weighted by atomic mass is 9.97. The van der Waals surface area contributed by atoms with Crippen molar-refractivity contribution in [2.24, 2.45) is 0 Å². The van der Waals surface area contributed by atoms with Gasteiger partial charge in [0.15, 0.2) is 0 Å². The summed E-state index contributed by atoms with van der Waals surface area (Å²) in [5.41, 5.74) is 2.90. The van der Waals surface area contributed by atoms with Gasteiger partial charge in [-0.25, -0.2) is 4.79 Å². The first-order valence-electron chi connectivity index (χ1n) is 6.05. The zero-order chi connectivity index (χ0) is 13.8. The van der Waals surface area contributed by atoms with Crippen LogP contribution < -0.4 is 0 Å². The van der Waals surface area contributed by atoms with Gasteiger partial charge in [0.05, 0.1) is 12.7 Å². The molecule has 2 aromatic rings. The highest BCUT2D eigenvalue weighted by Crippen LogP contribution is 2.24. The van der Waals surface area contributed by atoms with Gasteiger partial charge in [0, 0.05) is 0 Å². The first-order valence-corrected chi connectivity index (χ1v) is 6.05. The van der Waals surface area contributed by atoms with Gasteiger partial charge in [-0.1, -0.05) is 42.5 Å². The Morgan fingerprint density at radius 1 is 1.11 bits per heavy atom. The second-order valence-electron chi connectivity index (χ2n) is 4.38. The van der Waals surface area contributed by atoms with Crippen molar-refractivity contribution < 1.29 is 14.6 Å². The van der Waals surface area contributed by atoms with E-state index in [1.165, 1.54) is 7.11 Å². The summed E-state index contributed by atoms with van der Waals surface area (Å²) >= 11 is 0. The maximum absolute atomic E-state index is 11.5. The summed E-state index contributed by atoms with van der Waals surface area (Å²) in [6.07, 6.45) is -0.688. The molecular weight excluding hydrogens is 240 g/mol. The van der Waals surface area contributed by atoms with Crippen LogP contribution in [0.2, 0.25) is 0 Å². The number of aryl methyl sites for hydroxylation is 1. The number of aliphatic hydroxyl groups excluding tert-OH is 1. The number of methoxy groups -OCH3 is 1. The number of carbonyl (C=O) groups excluding carboxylic acids is 1. The first-order chi connectivity index (χ1) is 9.13. The highest BCUT2D eigenvalue weighted by molar-refractivity contribution is 5.91. The van der Waals surface area contributed by atoms with E-state index >= 15 is 0 Å². The number of hydrogen-bond acceptors (Lipinski definition) is 3. The summed E-state index contributed by atoms with van der Waals surface area (Å²) in [7, 11) is 1.36. The quantitative estimate of drug-likeness (QED) is 0.859. The van der Waals surface area contributed by atoms with E-state index in [1.807, 2.05) is 43.3 Å². The smallest absolute Gasteiger partial charge is 0.338 e. The van der Waals surface area contributed by atoms with Crippen LogP contribution >= 0.6 is 0 Å². The lowest BCUT2D eigenvalue weighted by Crippen LogP contribution is -2.06. The SMILES string of the molecule is COC(=O)c1ccc(C(O)c2ccccc2)cc1C. The van der Waals surface area contributed by atoms with Crippen LogP contribution in [0.5, 0.6) is 0 Å². The molecule has 3 heteroatoms. The topological polar surface area (TPSA) is 46.5 Å². The van der Waals surface area contributed by atoms with Crippen LogP contribution in [0.4, 0.5) is 0 Å². The summed E-state index contributed by atoms with van der Waals surface area (Å²) < 4.78 is 4.70. The molecule has 1 N–H and O–H groups in total. The highest BCUT2D eigenvalue weighted by Gasteiger charge is 2.14. The van der Waals surface area contributed by atoms with E-state index in [-0.39, 0.29) is 5.97 Å². The Morgan fingerprint density at radius 3 is 2.37 bits per heavy atom. The number of rotatable bonds is 3. The monoisotopic (exact) mass is 256 g/mol. The summed E-state index contributed by atoms with van der Waals surface area (Å²) in [6.45, 7) is 1.83. The average Bonchev–Trinajstić information content (AvgIpc) is 2.46. The van der Waals surface area contributed by atoms with Crippen LogP contribution in [-0.4, -0.2) is 18.2 Å². The molecule has 0 aliphatic carbocycles. The van der Waals surface area contributed by atoms with Gasteiger partial charge in [0.1, 0.15) is 6.10 Å². The fourth-order valence-electron chi connectivity index (χ4n) is 2.02. The van der Waals surface area contributed by atoms with Gasteiger partial charge in [0.2, 0.25) is 0 Å². The normalized spacial score (nSPS) is 11.9. The molecule has 0 aliphatic rings. The van der Waals surface area contributed by atoms with Crippen LogP contribution in [0, 0.1) is 6.92 Å². The molecule has 2 rings (SSSR count). The van der Waals surface area contributed by atoms with E-state index in [0.29, 0.717) is 5.56 Å². The third kappa shape index (κ3) is 2.83. The molecule has 0 fully saturated rings. The molecular formula is C16H16O3. The largest absolute Gasteiger partial charge is 0.465 e. The molecule has 0 aliphatic heterocycles. The Balaban J connectivity index is 2.32. The number of esters is 1. The molecule has 0 aromatic heterocycles. The van der Waals surface area contributed by atoms with Crippen LogP contribution in [0.1, 0.15) is 33.2 Å². The van der Waals surface area contributed by atoms with E-state index < -0.39 is 6.10 Å². The van der Waals surface area contributed by atoms with Crippen molar-refractivity contribution in [2.45, 2.75) is 13.0 Å². The van der Waals surface area contributed by atoms with Gasteiger partial charge in [-0.05, 0) is 29.7 Å². The maximum Gasteiger partial charge on any atom is 0.338 e. The minimum absolute atomic E-state index is 0.363. The van der Waals surface area contributed by atoms with E-state index in [2.05, 4.69) is 0 Å². The average molecular weight is 256 g/mol. The lowest BCUT2D eigenvalue weighted by Gasteiger charge is -2.13. The number of carbonyl (C=O) groups is 1. The molecule has 0 bridgehead atoms. The molecule has 0 saturated carbocycles. The first kappa shape index (κ1) is 13.3. The van der Waals surface area contributed by atoms with Crippen molar-refractivity contribution in [3.63, 3.8) is 0 Å². The van der Waals surface area contributed by atoms with Gasteiger partial charge in [0.25, 0.3) is 0 Å². The van der Waals surface area contributed by atoms with Crippen LogP contribution in [0.3, 0.4) is 0 Å². The van der Waals surface area contributed by atoms with Crippen molar-refractivity contribution in [1.82, 2.24) is 0 Å². The van der Waals surface area contributed by atoms with Crippen molar-refractivity contribution >= 4 is 5.97 Å². The summed E-state index contributed by atoms with van der Waals surface area (Å²) in [4.78, 5) is 11.5. The number of benzene rings is 2. The second-order valence-corrected chi connectivity index (χ2v) is 4.38. The third-order valence-electron chi connectivity index (χ3n) is 3.09. The van der Waals surface area contributed by atoms with Crippen molar-refractivity contribution in [3.05, 3.63) is 70.8 Å². The van der Waals surface area contributed by atoms with Gasteiger partial charge in [-0.3, -0.25) is 0 Å². The fourth-order valence-corrected chi connectivity index (χ4v) is 2.02. The van der Waals surface area contributed by atoms with Gasteiger partial charge >= 0.3 is 5.97 Å². The van der Waals surface area contributed by atoms with Crippen molar-refractivity contribution in [2.75, 3.05) is 7.11 Å². The lowest BCUT2D eigenvalue weighted by molar-refractivity contribution is 0.0599. The molecule has 2 aromatic carbocycles.